The van der Waals surface area contributed by atoms with Gasteiger partial charge in [0, 0.05) is 23.4 Å². The first kappa shape index (κ1) is 17.0. The number of guanidine groups is 1. The molecule has 128 valence electrons. The molecule has 2 aromatic rings. The zero-order valence-electron chi connectivity index (χ0n) is 14.5. The lowest BCUT2D eigenvalue weighted by atomic mass is 9.64. The average Bonchev–Trinajstić information content (AvgIpc) is 2.97. The Morgan fingerprint density at radius 2 is 2.04 bits per heavy atom. The number of aliphatic imine (C=N–C) groups is 1. The van der Waals surface area contributed by atoms with Crippen molar-refractivity contribution in [3.63, 3.8) is 0 Å². The summed E-state index contributed by atoms with van der Waals surface area (Å²) in [5, 5.41) is 6.93. The van der Waals surface area contributed by atoms with Gasteiger partial charge in [0.25, 0.3) is 0 Å². The molecule has 0 bridgehead atoms. The van der Waals surface area contributed by atoms with Gasteiger partial charge < -0.3 is 10.6 Å². The molecule has 2 N–H and O–H groups in total. The highest BCUT2D eigenvalue weighted by atomic mass is 32.1. The van der Waals surface area contributed by atoms with Gasteiger partial charge in [-0.2, -0.15) is 0 Å². The van der Waals surface area contributed by atoms with E-state index in [4.69, 9.17) is 4.99 Å². The predicted octanol–water partition coefficient (Wildman–Crippen LogP) is 3.63. The van der Waals surface area contributed by atoms with Crippen LogP contribution in [-0.2, 0) is 12.0 Å². The van der Waals surface area contributed by atoms with Gasteiger partial charge in [0.15, 0.2) is 5.96 Å². The molecule has 0 spiro atoms. The highest BCUT2D eigenvalue weighted by molar-refractivity contribution is 7.09. The van der Waals surface area contributed by atoms with Crippen LogP contribution in [0.15, 0.2) is 40.8 Å². The minimum absolute atomic E-state index is 0.262. The fourth-order valence-corrected chi connectivity index (χ4v) is 3.89. The third-order valence-electron chi connectivity index (χ3n) is 4.86. The van der Waals surface area contributed by atoms with Crippen molar-refractivity contribution < 1.29 is 0 Å². The fraction of sp³-hybridized carbons (Fsp3) is 0.474. The van der Waals surface area contributed by atoms with Crippen molar-refractivity contribution in [3.8, 4) is 0 Å². The highest BCUT2D eigenvalue weighted by Gasteiger charge is 2.38. The molecule has 1 fully saturated rings. The molecule has 0 amide bonds. The van der Waals surface area contributed by atoms with E-state index in [-0.39, 0.29) is 5.41 Å². The Morgan fingerprint density at radius 1 is 1.25 bits per heavy atom. The van der Waals surface area contributed by atoms with Gasteiger partial charge in [-0.05, 0) is 32.3 Å². The maximum absolute atomic E-state index is 4.74. The quantitative estimate of drug-likeness (QED) is 0.622. The molecule has 1 aliphatic carbocycles. The Labute approximate surface area is 148 Å². The first-order chi connectivity index (χ1) is 11.7. The predicted molar refractivity (Wildman–Crippen MR) is 102 cm³/mol. The Kier molecular flexibility index (Phi) is 5.51. The van der Waals surface area contributed by atoms with Gasteiger partial charge in [-0.15, -0.1) is 11.3 Å². The van der Waals surface area contributed by atoms with Crippen LogP contribution in [-0.4, -0.2) is 24.0 Å². The third-order valence-corrected chi connectivity index (χ3v) is 5.78. The van der Waals surface area contributed by atoms with Crippen LogP contribution in [0.25, 0.3) is 0 Å². The Morgan fingerprint density at radius 3 is 2.62 bits per heavy atom. The molecule has 0 unspecified atom stereocenters. The summed E-state index contributed by atoms with van der Waals surface area (Å²) in [6.45, 7) is 6.63. The Balaban J connectivity index is 1.66. The van der Waals surface area contributed by atoms with E-state index in [0.29, 0.717) is 6.54 Å². The molecule has 1 aliphatic rings. The van der Waals surface area contributed by atoms with E-state index in [1.165, 1.54) is 29.7 Å². The number of aryl methyl sites for hydroxylation is 1. The molecule has 4 nitrogen and oxygen atoms in total. The van der Waals surface area contributed by atoms with Gasteiger partial charge in [-0.25, -0.2) is 9.98 Å². The van der Waals surface area contributed by atoms with Gasteiger partial charge in [-0.3, -0.25) is 0 Å². The third kappa shape index (κ3) is 3.78. The van der Waals surface area contributed by atoms with Gasteiger partial charge >= 0.3 is 0 Å². The fourth-order valence-electron chi connectivity index (χ4n) is 3.19. The van der Waals surface area contributed by atoms with Crippen LogP contribution >= 0.6 is 11.3 Å². The van der Waals surface area contributed by atoms with E-state index in [9.17, 15) is 0 Å². The Hall–Kier alpha value is -1.88. The van der Waals surface area contributed by atoms with E-state index in [0.717, 1.165) is 24.7 Å². The van der Waals surface area contributed by atoms with E-state index in [2.05, 4.69) is 52.9 Å². The summed E-state index contributed by atoms with van der Waals surface area (Å²) >= 11 is 1.67. The summed E-state index contributed by atoms with van der Waals surface area (Å²) in [5.74, 6) is 0.896. The molecule has 0 aliphatic heterocycles. The van der Waals surface area contributed by atoms with Crippen LogP contribution in [0.5, 0.6) is 0 Å². The summed E-state index contributed by atoms with van der Waals surface area (Å²) in [6, 6.07) is 10.9. The number of benzene rings is 1. The second-order valence-corrected chi connectivity index (χ2v) is 7.35. The largest absolute Gasteiger partial charge is 0.357 e. The van der Waals surface area contributed by atoms with Crippen molar-refractivity contribution in [2.24, 2.45) is 4.99 Å². The summed E-state index contributed by atoms with van der Waals surface area (Å²) < 4.78 is 0. The lowest BCUT2D eigenvalue weighted by Crippen LogP contribution is -2.48. The van der Waals surface area contributed by atoms with E-state index < -0.39 is 0 Å². The molecule has 0 radical (unpaired) electrons. The van der Waals surface area contributed by atoms with Crippen molar-refractivity contribution in [1.29, 1.82) is 0 Å². The molecule has 24 heavy (non-hydrogen) atoms. The minimum atomic E-state index is 0.262. The topological polar surface area (TPSA) is 49.3 Å². The Bertz CT molecular complexity index is 674. The molecule has 1 saturated carbocycles. The molecular formula is C19H26N4S. The lowest BCUT2D eigenvalue weighted by Gasteiger charge is -2.43. The van der Waals surface area contributed by atoms with E-state index in [1.807, 2.05) is 12.4 Å². The van der Waals surface area contributed by atoms with Crippen LogP contribution in [0.1, 0.15) is 42.3 Å². The summed E-state index contributed by atoms with van der Waals surface area (Å²) in [7, 11) is 0. The van der Waals surface area contributed by atoms with Crippen LogP contribution in [0.3, 0.4) is 0 Å². The molecule has 5 heteroatoms. The summed E-state index contributed by atoms with van der Waals surface area (Å²) in [4.78, 5) is 10.3. The number of thiazole rings is 1. The van der Waals surface area contributed by atoms with Crippen LogP contribution in [0, 0.1) is 6.92 Å². The molecule has 0 saturated heterocycles. The van der Waals surface area contributed by atoms with E-state index in [1.54, 1.807) is 11.3 Å². The highest BCUT2D eigenvalue weighted by Crippen LogP contribution is 2.43. The monoisotopic (exact) mass is 342 g/mol. The van der Waals surface area contributed by atoms with Crippen LogP contribution < -0.4 is 10.6 Å². The van der Waals surface area contributed by atoms with Gasteiger partial charge in [0.05, 0.1) is 17.7 Å². The smallest absolute Gasteiger partial charge is 0.191 e. The first-order valence-electron chi connectivity index (χ1n) is 8.70. The normalized spacial score (nSPS) is 16.5. The number of nitrogens with zero attached hydrogens (tertiary/aromatic N) is 2. The lowest BCUT2D eigenvalue weighted by molar-refractivity contribution is 0.244. The van der Waals surface area contributed by atoms with E-state index >= 15 is 0 Å². The van der Waals surface area contributed by atoms with Crippen molar-refractivity contribution in [2.75, 3.05) is 13.1 Å². The molecule has 1 heterocycles. The summed E-state index contributed by atoms with van der Waals surface area (Å²) in [6.07, 6.45) is 3.80. The summed E-state index contributed by atoms with van der Waals surface area (Å²) in [5.41, 5.74) is 4.68. The van der Waals surface area contributed by atoms with Crippen molar-refractivity contribution >= 4 is 17.3 Å². The maximum Gasteiger partial charge on any atom is 0.191 e. The molecule has 1 aromatic heterocycles. The van der Waals surface area contributed by atoms with Gasteiger partial charge in [0.2, 0.25) is 0 Å². The van der Waals surface area contributed by atoms with Gasteiger partial charge in [0.1, 0.15) is 0 Å². The van der Waals surface area contributed by atoms with Crippen LogP contribution in [0.2, 0.25) is 0 Å². The number of hydrogen-bond donors (Lipinski definition) is 2. The first-order valence-corrected chi connectivity index (χ1v) is 9.58. The van der Waals surface area contributed by atoms with Gasteiger partial charge in [-0.1, -0.05) is 36.8 Å². The number of hydrogen-bond acceptors (Lipinski definition) is 3. The zero-order valence-corrected chi connectivity index (χ0v) is 15.3. The van der Waals surface area contributed by atoms with Crippen LogP contribution in [0.4, 0.5) is 0 Å². The maximum atomic E-state index is 4.74. The average molecular weight is 343 g/mol. The minimum Gasteiger partial charge on any atom is -0.357 e. The SMILES string of the molecule is CCNC(=NCc1scnc1C)NCC1(c2ccccc2)CCC1. The second-order valence-electron chi connectivity index (χ2n) is 6.41. The molecule has 3 rings (SSSR count). The number of rotatable bonds is 6. The molecular weight excluding hydrogens is 316 g/mol. The second kappa shape index (κ2) is 7.79. The molecule has 0 atom stereocenters. The van der Waals surface area contributed by atoms with Crippen molar-refractivity contribution in [2.45, 2.75) is 45.1 Å². The number of nitrogens with one attached hydrogen (secondary N) is 2. The number of aromatic nitrogens is 1. The molecule has 1 aromatic carbocycles. The van der Waals surface area contributed by atoms with Crippen molar-refractivity contribution in [1.82, 2.24) is 15.6 Å². The standard InChI is InChI=1S/C19H26N4S/c1-3-20-18(21-12-17-15(2)23-14-24-17)22-13-19(10-7-11-19)16-8-5-4-6-9-16/h4-6,8-9,14H,3,7,10-13H2,1-2H3,(H2,20,21,22). The van der Waals surface area contributed by atoms with Crippen molar-refractivity contribution in [3.05, 3.63) is 52.0 Å². The zero-order chi connectivity index (χ0) is 16.8.